The zero-order valence-corrected chi connectivity index (χ0v) is 9.95. The minimum absolute atomic E-state index is 0.224. The highest BCUT2D eigenvalue weighted by Gasteiger charge is 2.24. The van der Waals surface area contributed by atoms with E-state index in [0.29, 0.717) is 6.04 Å². The number of rotatable bonds is 2. The molecule has 2 nitrogen and oxygen atoms in total. The van der Waals surface area contributed by atoms with E-state index in [2.05, 4.69) is 31.4 Å². The van der Waals surface area contributed by atoms with Crippen LogP contribution >= 0.6 is 0 Å². The van der Waals surface area contributed by atoms with Gasteiger partial charge in [0.2, 0.25) is 0 Å². The van der Waals surface area contributed by atoms with Crippen molar-refractivity contribution in [3.05, 3.63) is 23.0 Å². The van der Waals surface area contributed by atoms with E-state index in [-0.39, 0.29) is 6.10 Å². The van der Waals surface area contributed by atoms with Gasteiger partial charge in [0.05, 0.1) is 6.10 Å². The molecule has 0 bridgehead atoms. The zero-order chi connectivity index (χ0) is 11.0. The molecule has 84 valence electrons. The fraction of sp³-hybridized carbons (Fsp3) is 0.692. The number of aryl methyl sites for hydroxylation is 1. The summed E-state index contributed by atoms with van der Waals surface area (Å²) < 4.78 is 2.41. The van der Waals surface area contributed by atoms with E-state index >= 15 is 0 Å². The first kappa shape index (κ1) is 10.7. The predicted octanol–water partition coefficient (Wildman–Crippen LogP) is 3.14. The second-order valence-electron chi connectivity index (χ2n) is 4.72. The van der Waals surface area contributed by atoms with Gasteiger partial charge in [-0.15, -0.1) is 0 Å². The molecule has 0 spiro atoms. The Morgan fingerprint density at radius 3 is 3.00 bits per heavy atom. The van der Waals surface area contributed by atoms with Gasteiger partial charge in [0.15, 0.2) is 0 Å². The van der Waals surface area contributed by atoms with Crippen LogP contribution in [0, 0.1) is 6.92 Å². The van der Waals surface area contributed by atoms with Crippen LogP contribution in [0.3, 0.4) is 0 Å². The van der Waals surface area contributed by atoms with Crippen LogP contribution in [0.4, 0.5) is 0 Å². The lowest BCUT2D eigenvalue weighted by atomic mass is 9.95. The summed E-state index contributed by atoms with van der Waals surface area (Å²) in [5, 5.41) is 9.94. The van der Waals surface area contributed by atoms with Crippen molar-refractivity contribution >= 4 is 0 Å². The summed E-state index contributed by atoms with van der Waals surface area (Å²) >= 11 is 0. The molecule has 1 aromatic heterocycles. The predicted molar refractivity (Wildman–Crippen MR) is 62.1 cm³/mol. The van der Waals surface area contributed by atoms with Gasteiger partial charge in [-0.05, 0) is 45.6 Å². The molecule has 15 heavy (non-hydrogen) atoms. The van der Waals surface area contributed by atoms with Crippen LogP contribution in [0.15, 0.2) is 6.07 Å². The second-order valence-corrected chi connectivity index (χ2v) is 4.72. The number of aliphatic hydroxyl groups is 1. The van der Waals surface area contributed by atoms with Gasteiger partial charge in [-0.3, -0.25) is 0 Å². The van der Waals surface area contributed by atoms with Crippen molar-refractivity contribution in [2.45, 2.75) is 58.6 Å². The maximum absolute atomic E-state index is 9.94. The Bertz CT molecular complexity index is 354. The molecule has 2 rings (SSSR count). The molecule has 2 atom stereocenters. The minimum Gasteiger partial charge on any atom is -0.388 e. The van der Waals surface area contributed by atoms with Gasteiger partial charge in [0, 0.05) is 23.0 Å². The first-order valence-corrected chi connectivity index (χ1v) is 6.03. The second kappa shape index (κ2) is 4.01. The molecule has 1 aliphatic rings. The molecule has 0 radical (unpaired) electrons. The van der Waals surface area contributed by atoms with Crippen LogP contribution in [0.2, 0.25) is 0 Å². The molecule has 0 fully saturated rings. The van der Waals surface area contributed by atoms with Crippen molar-refractivity contribution in [1.29, 1.82) is 0 Å². The summed E-state index contributed by atoms with van der Waals surface area (Å²) in [7, 11) is 0. The normalized spacial score (nSPS) is 22.5. The zero-order valence-electron chi connectivity index (χ0n) is 9.95. The van der Waals surface area contributed by atoms with E-state index < -0.39 is 0 Å². The quantitative estimate of drug-likeness (QED) is 0.792. The van der Waals surface area contributed by atoms with Gasteiger partial charge in [-0.2, -0.15) is 0 Å². The van der Waals surface area contributed by atoms with Crippen LogP contribution in [-0.2, 0) is 6.42 Å². The smallest absolute Gasteiger partial charge is 0.0807 e. The van der Waals surface area contributed by atoms with Gasteiger partial charge in [0.25, 0.3) is 0 Å². The van der Waals surface area contributed by atoms with Crippen molar-refractivity contribution in [2.75, 3.05) is 0 Å². The van der Waals surface area contributed by atoms with Crippen LogP contribution in [0.5, 0.6) is 0 Å². The van der Waals surface area contributed by atoms with Gasteiger partial charge >= 0.3 is 0 Å². The largest absolute Gasteiger partial charge is 0.388 e. The fourth-order valence-electron chi connectivity index (χ4n) is 2.70. The summed E-state index contributed by atoms with van der Waals surface area (Å²) in [6, 6.07) is 2.73. The van der Waals surface area contributed by atoms with E-state index in [4.69, 9.17) is 0 Å². The van der Waals surface area contributed by atoms with Crippen molar-refractivity contribution in [2.24, 2.45) is 0 Å². The number of aliphatic hydroxyl groups excluding tert-OH is 1. The third kappa shape index (κ3) is 1.71. The fourth-order valence-corrected chi connectivity index (χ4v) is 2.70. The summed E-state index contributed by atoms with van der Waals surface area (Å²) in [6.45, 7) is 6.63. The Morgan fingerprint density at radius 1 is 1.60 bits per heavy atom. The van der Waals surface area contributed by atoms with Gasteiger partial charge < -0.3 is 9.67 Å². The van der Waals surface area contributed by atoms with Gasteiger partial charge in [-0.25, -0.2) is 0 Å². The lowest BCUT2D eigenvalue weighted by molar-refractivity contribution is 0.155. The highest BCUT2D eigenvalue weighted by Crippen LogP contribution is 2.34. The molecule has 0 saturated carbocycles. The summed E-state index contributed by atoms with van der Waals surface area (Å²) in [5.74, 6) is 0. The number of nitrogens with zero attached hydrogens (tertiary/aromatic N) is 1. The molecule has 2 unspecified atom stereocenters. The SMILES string of the molecule is CCC(C)n1c(C)cc2c1CCCC2O. The highest BCUT2D eigenvalue weighted by atomic mass is 16.3. The molecular formula is C13H21NO. The maximum atomic E-state index is 9.94. The Labute approximate surface area is 91.9 Å². The van der Waals surface area contributed by atoms with E-state index in [1.54, 1.807) is 0 Å². The topological polar surface area (TPSA) is 25.2 Å². The molecule has 2 heteroatoms. The van der Waals surface area contributed by atoms with Crippen molar-refractivity contribution in [3.63, 3.8) is 0 Å². The van der Waals surface area contributed by atoms with Crippen molar-refractivity contribution < 1.29 is 5.11 Å². The van der Waals surface area contributed by atoms with Crippen LogP contribution in [0.25, 0.3) is 0 Å². The van der Waals surface area contributed by atoms with E-state index in [9.17, 15) is 5.11 Å². The van der Waals surface area contributed by atoms with Crippen LogP contribution < -0.4 is 0 Å². The monoisotopic (exact) mass is 207 g/mol. The average Bonchev–Trinajstić information content (AvgIpc) is 2.55. The molecule has 1 aromatic rings. The Hall–Kier alpha value is -0.760. The van der Waals surface area contributed by atoms with E-state index in [1.807, 2.05) is 0 Å². The molecule has 0 amide bonds. The summed E-state index contributed by atoms with van der Waals surface area (Å²) in [6.07, 6.45) is 4.10. The third-order valence-corrected chi connectivity index (χ3v) is 3.65. The molecule has 1 N–H and O–H groups in total. The molecule has 0 aromatic carbocycles. The van der Waals surface area contributed by atoms with Gasteiger partial charge in [0.1, 0.15) is 0 Å². The number of aromatic nitrogens is 1. The van der Waals surface area contributed by atoms with E-state index in [0.717, 1.165) is 25.7 Å². The third-order valence-electron chi connectivity index (χ3n) is 3.65. The maximum Gasteiger partial charge on any atom is 0.0807 e. The van der Waals surface area contributed by atoms with E-state index in [1.165, 1.54) is 17.0 Å². The minimum atomic E-state index is -0.224. The number of fused-ring (bicyclic) bond motifs is 1. The lowest BCUT2D eigenvalue weighted by Gasteiger charge is -2.23. The molecular weight excluding hydrogens is 186 g/mol. The first-order valence-electron chi connectivity index (χ1n) is 6.03. The Balaban J connectivity index is 2.46. The summed E-state index contributed by atoms with van der Waals surface area (Å²) in [4.78, 5) is 0. The van der Waals surface area contributed by atoms with Gasteiger partial charge in [-0.1, -0.05) is 6.92 Å². The van der Waals surface area contributed by atoms with Crippen LogP contribution in [-0.4, -0.2) is 9.67 Å². The molecule has 1 heterocycles. The highest BCUT2D eigenvalue weighted by molar-refractivity contribution is 5.32. The van der Waals surface area contributed by atoms with Crippen LogP contribution in [0.1, 0.15) is 62.2 Å². The number of hydrogen-bond donors (Lipinski definition) is 1. The Morgan fingerprint density at radius 2 is 2.33 bits per heavy atom. The molecule has 0 saturated heterocycles. The van der Waals surface area contributed by atoms with Crippen molar-refractivity contribution in [3.8, 4) is 0 Å². The molecule has 0 aliphatic heterocycles. The Kier molecular flexibility index (Phi) is 2.87. The van der Waals surface area contributed by atoms with Crippen molar-refractivity contribution in [1.82, 2.24) is 4.57 Å². The number of hydrogen-bond acceptors (Lipinski definition) is 1. The first-order chi connectivity index (χ1) is 7.15. The lowest BCUT2D eigenvalue weighted by Crippen LogP contribution is -2.15. The molecule has 1 aliphatic carbocycles. The standard InChI is InChI=1S/C13H21NO/c1-4-9(2)14-10(3)8-11-12(14)6-5-7-13(11)15/h8-9,13,15H,4-7H2,1-3H3. The summed E-state index contributed by atoms with van der Waals surface area (Å²) in [5.41, 5.74) is 3.86. The average molecular weight is 207 g/mol.